The largest absolute Gasteiger partial charge is 0.358 e. The van der Waals surface area contributed by atoms with E-state index in [1.54, 1.807) is 0 Å². The Morgan fingerprint density at radius 2 is 1.79 bits per heavy atom. The molecule has 2 aromatic rings. The summed E-state index contributed by atoms with van der Waals surface area (Å²) in [6.07, 6.45) is 0.910. The van der Waals surface area contributed by atoms with Crippen LogP contribution < -0.4 is 5.73 Å². The van der Waals surface area contributed by atoms with Gasteiger partial charge in [0.05, 0.1) is 0 Å². The summed E-state index contributed by atoms with van der Waals surface area (Å²) in [6, 6.07) is 14.5. The van der Waals surface area contributed by atoms with Crippen LogP contribution in [0.2, 0.25) is 0 Å². The molecular weight excluding hydrogens is 172 g/mol. The third-order valence-electron chi connectivity index (χ3n) is 2.24. The van der Waals surface area contributed by atoms with Crippen molar-refractivity contribution >= 4 is 0 Å². The highest BCUT2D eigenvalue weighted by Crippen LogP contribution is 2.17. The standard InChI is InChI=1S/C12H14N2/c13-9-8-11-6-7-12(14-11)10-4-2-1-3-5-10/h1-7,14H,8-9,13H2. The molecule has 0 spiro atoms. The summed E-state index contributed by atoms with van der Waals surface area (Å²) < 4.78 is 0. The smallest absolute Gasteiger partial charge is 0.0456 e. The van der Waals surface area contributed by atoms with E-state index < -0.39 is 0 Å². The first-order valence-electron chi connectivity index (χ1n) is 4.83. The van der Waals surface area contributed by atoms with Gasteiger partial charge in [0.2, 0.25) is 0 Å². The van der Waals surface area contributed by atoms with Gasteiger partial charge in [-0.25, -0.2) is 0 Å². The van der Waals surface area contributed by atoms with Gasteiger partial charge in [0.15, 0.2) is 0 Å². The van der Waals surface area contributed by atoms with Crippen LogP contribution >= 0.6 is 0 Å². The Morgan fingerprint density at radius 3 is 2.50 bits per heavy atom. The highest BCUT2D eigenvalue weighted by atomic mass is 14.7. The van der Waals surface area contributed by atoms with Gasteiger partial charge in [-0.15, -0.1) is 0 Å². The summed E-state index contributed by atoms with van der Waals surface area (Å²) in [5.41, 5.74) is 9.07. The van der Waals surface area contributed by atoms with Gasteiger partial charge < -0.3 is 10.7 Å². The molecule has 2 heteroatoms. The monoisotopic (exact) mass is 186 g/mol. The lowest BCUT2D eigenvalue weighted by atomic mass is 10.2. The Labute approximate surface area is 83.8 Å². The topological polar surface area (TPSA) is 41.8 Å². The van der Waals surface area contributed by atoms with Crippen molar-refractivity contribution in [1.29, 1.82) is 0 Å². The average molecular weight is 186 g/mol. The molecule has 0 saturated carbocycles. The summed E-state index contributed by atoms with van der Waals surface area (Å²) >= 11 is 0. The van der Waals surface area contributed by atoms with Crippen molar-refractivity contribution in [2.45, 2.75) is 6.42 Å². The quantitative estimate of drug-likeness (QED) is 0.758. The molecule has 1 aromatic carbocycles. The highest BCUT2D eigenvalue weighted by molar-refractivity contribution is 5.59. The van der Waals surface area contributed by atoms with Crippen molar-refractivity contribution in [1.82, 2.24) is 4.98 Å². The van der Waals surface area contributed by atoms with Crippen LogP contribution in [0.3, 0.4) is 0 Å². The maximum atomic E-state index is 5.49. The number of hydrogen-bond donors (Lipinski definition) is 2. The number of nitrogens with two attached hydrogens (primary N) is 1. The lowest BCUT2D eigenvalue weighted by molar-refractivity contribution is 0.936. The van der Waals surface area contributed by atoms with E-state index in [9.17, 15) is 0 Å². The minimum Gasteiger partial charge on any atom is -0.358 e. The predicted octanol–water partition coefficient (Wildman–Crippen LogP) is 2.18. The molecular formula is C12H14N2. The molecule has 72 valence electrons. The first-order chi connectivity index (χ1) is 6.90. The number of hydrogen-bond acceptors (Lipinski definition) is 1. The van der Waals surface area contributed by atoms with Crippen LogP contribution in [-0.2, 0) is 6.42 Å². The van der Waals surface area contributed by atoms with Crippen LogP contribution in [0.4, 0.5) is 0 Å². The Balaban J connectivity index is 2.25. The van der Waals surface area contributed by atoms with E-state index in [2.05, 4.69) is 29.2 Å². The van der Waals surface area contributed by atoms with Gasteiger partial charge in [-0.2, -0.15) is 0 Å². The zero-order valence-electron chi connectivity index (χ0n) is 8.03. The fourth-order valence-corrected chi connectivity index (χ4v) is 1.53. The molecule has 0 unspecified atom stereocenters. The van der Waals surface area contributed by atoms with Crippen molar-refractivity contribution < 1.29 is 0 Å². The van der Waals surface area contributed by atoms with Gasteiger partial charge in [0.25, 0.3) is 0 Å². The fraction of sp³-hybridized carbons (Fsp3) is 0.167. The molecule has 2 rings (SSSR count). The van der Waals surface area contributed by atoms with Crippen molar-refractivity contribution in [2.75, 3.05) is 6.54 Å². The molecule has 0 aliphatic rings. The SMILES string of the molecule is NCCc1ccc(-c2ccccc2)[nH]1. The van der Waals surface area contributed by atoms with Crippen molar-refractivity contribution in [3.63, 3.8) is 0 Å². The molecule has 0 fully saturated rings. The summed E-state index contributed by atoms with van der Waals surface area (Å²) in [7, 11) is 0. The molecule has 0 aliphatic heterocycles. The molecule has 1 aromatic heterocycles. The van der Waals surface area contributed by atoms with E-state index in [0.717, 1.165) is 12.1 Å². The van der Waals surface area contributed by atoms with Gasteiger partial charge in [-0.3, -0.25) is 0 Å². The minimum absolute atomic E-state index is 0.689. The first kappa shape index (κ1) is 9.03. The van der Waals surface area contributed by atoms with E-state index in [1.165, 1.54) is 11.3 Å². The number of benzene rings is 1. The molecule has 0 amide bonds. The molecule has 0 saturated heterocycles. The van der Waals surface area contributed by atoms with Crippen LogP contribution in [0.5, 0.6) is 0 Å². The molecule has 0 radical (unpaired) electrons. The first-order valence-corrected chi connectivity index (χ1v) is 4.83. The number of nitrogens with one attached hydrogen (secondary N) is 1. The molecule has 0 bridgehead atoms. The lowest BCUT2D eigenvalue weighted by Gasteiger charge is -1.97. The minimum atomic E-state index is 0.689. The van der Waals surface area contributed by atoms with Gasteiger partial charge in [-0.05, 0) is 30.7 Å². The average Bonchev–Trinajstić information content (AvgIpc) is 2.68. The van der Waals surface area contributed by atoms with Crippen molar-refractivity contribution in [3.8, 4) is 11.3 Å². The number of aromatic nitrogens is 1. The van der Waals surface area contributed by atoms with Crippen LogP contribution in [-0.4, -0.2) is 11.5 Å². The zero-order valence-corrected chi connectivity index (χ0v) is 8.03. The van der Waals surface area contributed by atoms with Crippen LogP contribution in [0.1, 0.15) is 5.69 Å². The van der Waals surface area contributed by atoms with Crippen LogP contribution in [0.15, 0.2) is 42.5 Å². The molecule has 3 N–H and O–H groups in total. The highest BCUT2D eigenvalue weighted by Gasteiger charge is 1.99. The number of aromatic amines is 1. The van der Waals surface area contributed by atoms with E-state index in [1.807, 2.05) is 18.2 Å². The van der Waals surface area contributed by atoms with Crippen molar-refractivity contribution in [2.24, 2.45) is 5.73 Å². The second-order valence-electron chi connectivity index (χ2n) is 3.30. The summed E-state index contributed by atoms with van der Waals surface area (Å²) in [4.78, 5) is 3.35. The maximum absolute atomic E-state index is 5.49. The van der Waals surface area contributed by atoms with E-state index in [4.69, 9.17) is 5.73 Å². The normalized spacial score (nSPS) is 10.4. The third kappa shape index (κ3) is 1.86. The van der Waals surface area contributed by atoms with Crippen LogP contribution in [0.25, 0.3) is 11.3 Å². The summed E-state index contributed by atoms with van der Waals surface area (Å²) in [6.45, 7) is 0.689. The number of rotatable bonds is 3. The van der Waals surface area contributed by atoms with E-state index in [0.29, 0.717) is 6.54 Å². The Bertz CT molecular complexity index is 390. The van der Waals surface area contributed by atoms with Gasteiger partial charge in [0.1, 0.15) is 0 Å². The second-order valence-corrected chi connectivity index (χ2v) is 3.30. The third-order valence-corrected chi connectivity index (χ3v) is 2.24. The van der Waals surface area contributed by atoms with Gasteiger partial charge >= 0.3 is 0 Å². The second kappa shape index (κ2) is 4.11. The molecule has 0 aliphatic carbocycles. The van der Waals surface area contributed by atoms with Crippen LogP contribution in [0, 0.1) is 0 Å². The zero-order chi connectivity index (χ0) is 9.80. The Kier molecular flexibility index (Phi) is 2.65. The molecule has 14 heavy (non-hydrogen) atoms. The fourth-order valence-electron chi connectivity index (χ4n) is 1.53. The number of H-pyrrole nitrogens is 1. The predicted molar refractivity (Wildman–Crippen MR) is 59.0 cm³/mol. The van der Waals surface area contributed by atoms with E-state index in [-0.39, 0.29) is 0 Å². The molecule has 1 heterocycles. The maximum Gasteiger partial charge on any atom is 0.0456 e. The Morgan fingerprint density at radius 1 is 1.00 bits per heavy atom. The van der Waals surface area contributed by atoms with Gasteiger partial charge in [-0.1, -0.05) is 30.3 Å². The molecule has 2 nitrogen and oxygen atoms in total. The summed E-state index contributed by atoms with van der Waals surface area (Å²) in [5.74, 6) is 0. The molecule has 0 atom stereocenters. The summed E-state index contributed by atoms with van der Waals surface area (Å²) in [5, 5.41) is 0. The van der Waals surface area contributed by atoms with E-state index >= 15 is 0 Å². The lowest BCUT2D eigenvalue weighted by Crippen LogP contribution is -2.02. The van der Waals surface area contributed by atoms with Crippen molar-refractivity contribution in [3.05, 3.63) is 48.2 Å². The Hall–Kier alpha value is -1.54. The van der Waals surface area contributed by atoms with Gasteiger partial charge in [0, 0.05) is 11.4 Å².